The third-order valence-electron chi connectivity index (χ3n) is 8.48. The number of carbonyl (C=O) groups is 3. The summed E-state index contributed by atoms with van der Waals surface area (Å²) in [6.07, 6.45) is 3.11. The Balaban J connectivity index is 1.46. The van der Waals surface area contributed by atoms with Gasteiger partial charge in [-0.1, -0.05) is 50.4 Å². The van der Waals surface area contributed by atoms with Crippen LogP contribution in [0.1, 0.15) is 64.9 Å². The van der Waals surface area contributed by atoms with Crippen LogP contribution in [-0.2, 0) is 20.0 Å². The molecule has 2 heterocycles. The molecule has 0 bridgehead atoms. The fraction of sp³-hybridized carbons (Fsp3) is 0.667. The number of hydrogen-bond acceptors (Lipinski definition) is 5. The first kappa shape index (κ1) is 26.9. The Morgan fingerprint density at radius 3 is 2.42 bits per heavy atom. The summed E-state index contributed by atoms with van der Waals surface area (Å²) in [4.78, 5) is 42.0. The lowest BCUT2D eigenvalue weighted by Crippen LogP contribution is -2.59. The number of aliphatic hydroxyl groups is 2. The van der Waals surface area contributed by atoms with E-state index >= 15 is 0 Å². The van der Waals surface area contributed by atoms with Gasteiger partial charge in [-0.25, -0.2) is 0 Å². The average molecular weight is 520 g/mol. The van der Waals surface area contributed by atoms with Crippen molar-refractivity contribution in [2.45, 2.75) is 83.1 Å². The number of nitrogens with zero attached hydrogens (tertiary/aromatic N) is 2. The second-order valence-corrected chi connectivity index (χ2v) is 11.8. The van der Waals surface area contributed by atoms with Crippen molar-refractivity contribution in [3.05, 3.63) is 34.9 Å². The van der Waals surface area contributed by atoms with Gasteiger partial charge in [0.1, 0.15) is 6.04 Å². The van der Waals surface area contributed by atoms with Crippen molar-refractivity contribution in [1.82, 2.24) is 15.1 Å². The van der Waals surface area contributed by atoms with Crippen LogP contribution in [0.15, 0.2) is 24.3 Å². The number of likely N-dealkylation sites (tertiary alicyclic amines) is 2. The molecule has 0 aromatic heterocycles. The SMILES string of the molecule is CC(=O)N1C[C@H](O)C[C@H]1C(=O)N[C@@H]1CCCC[C@@H]1C(=O)N1CC[C@](O)(c2ccc(Cl)cc2)C(C)(C)C1. The summed E-state index contributed by atoms with van der Waals surface area (Å²) < 4.78 is 0. The molecule has 198 valence electrons. The molecular weight excluding hydrogens is 482 g/mol. The zero-order valence-electron chi connectivity index (χ0n) is 21.4. The van der Waals surface area contributed by atoms with Crippen molar-refractivity contribution in [2.75, 3.05) is 19.6 Å². The van der Waals surface area contributed by atoms with E-state index in [1.54, 1.807) is 12.1 Å². The van der Waals surface area contributed by atoms with Gasteiger partial charge in [0.25, 0.3) is 0 Å². The molecule has 3 N–H and O–H groups in total. The van der Waals surface area contributed by atoms with Crippen LogP contribution in [0.3, 0.4) is 0 Å². The zero-order chi connectivity index (χ0) is 26.3. The highest BCUT2D eigenvalue weighted by Crippen LogP contribution is 2.46. The van der Waals surface area contributed by atoms with E-state index in [0.717, 1.165) is 18.4 Å². The van der Waals surface area contributed by atoms with Crippen LogP contribution in [0.2, 0.25) is 5.02 Å². The molecule has 1 aliphatic carbocycles. The van der Waals surface area contributed by atoms with E-state index in [0.29, 0.717) is 37.4 Å². The highest BCUT2D eigenvalue weighted by Gasteiger charge is 2.51. The van der Waals surface area contributed by atoms with E-state index in [1.165, 1.54) is 11.8 Å². The minimum Gasteiger partial charge on any atom is -0.391 e. The van der Waals surface area contributed by atoms with Crippen molar-refractivity contribution in [3.8, 4) is 0 Å². The van der Waals surface area contributed by atoms with E-state index < -0.39 is 23.2 Å². The number of β-amino-alcohol motifs (C(OH)–C–C–N with tert-alkyl or cyclic N) is 1. The molecule has 1 saturated carbocycles. The molecule has 0 spiro atoms. The quantitative estimate of drug-likeness (QED) is 0.566. The average Bonchev–Trinajstić information content (AvgIpc) is 3.23. The van der Waals surface area contributed by atoms with E-state index in [2.05, 4.69) is 5.32 Å². The molecule has 1 aromatic carbocycles. The Morgan fingerprint density at radius 2 is 1.78 bits per heavy atom. The molecule has 0 unspecified atom stereocenters. The fourth-order valence-corrected chi connectivity index (χ4v) is 6.42. The Labute approximate surface area is 218 Å². The maximum absolute atomic E-state index is 13.7. The predicted octanol–water partition coefficient (Wildman–Crippen LogP) is 2.44. The van der Waals surface area contributed by atoms with E-state index in [9.17, 15) is 24.6 Å². The van der Waals surface area contributed by atoms with Crippen molar-refractivity contribution >= 4 is 29.3 Å². The Hall–Kier alpha value is -2.16. The molecule has 0 radical (unpaired) electrons. The van der Waals surface area contributed by atoms with Gasteiger partial charge in [-0.2, -0.15) is 0 Å². The highest BCUT2D eigenvalue weighted by atomic mass is 35.5. The third kappa shape index (κ3) is 5.13. The molecule has 2 saturated heterocycles. The van der Waals surface area contributed by atoms with Gasteiger partial charge in [-0.3, -0.25) is 14.4 Å². The fourth-order valence-electron chi connectivity index (χ4n) is 6.29. The number of nitrogens with one attached hydrogen (secondary N) is 1. The van der Waals surface area contributed by atoms with Gasteiger partial charge >= 0.3 is 0 Å². The first-order valence-corrected chi connectivity index (χ1v) is 13.3. The van der Waals surface area contributed by atoms with Crippen molar-refractivity contribution in [1.29, 1.82) is 0 Å². The van der Waals surface area contributed by atoms with E-state index in [1.807, 2.05) is 30.9 Å². The number of amides is 3. The van der Waals surface area contributed by atoms with Crippen molar-refractivity contribution < 1.29 is 24.6 Å². The Bertz CT molecular complexity index is 1000. The molecule has 5 atom stereocenters. The summed E-state index contributed by atoms with van der Waals surface area (Å²) >= 11 is 6.04. The number of aliphatic hydroxyl groups excluding tert-OH is 1. The Morgan fingerprint density at radius 1 is 1.11 bits per heavy atom. The smallest absolute Gasteiger partial charge is 0.243 e. The number of carbonyl (C=O) groups excluding carboxylic acids is 3. The number of rotatable bonds is 4. The lowest BCUT2D eigenvalue weighted by atomic mass is 9.66. The summed E-state index contributed by atoms with van der Waals surface area (Å²) in [5.41, 5.74) is -0.890. The van der Waals surface area contributed by atoms with Gasteiger partial charge in [-0.05, 0) is 37.0 Å². The molecule has 9 heteroatoms. The van der Waals surface area contributed by atoms with Crippen LogP contribution in [0, 0.1) is 11.3 Å². The second-order valence-electron chi connectivity index (χ2n) is 11.3. The van der Waals surface area contributed by atoms with Crippen LogP contribution >= 0.6 is 11.6 Å². The van der Waals surface area contributed by atoms with Crippen LogP contribution in [0.5, 0.6) is 0 Å². The standard InChI is InChI=1S/C27H38ClN3O5/c1-17(32)31-15-20(33)14-23(31)24(34)29-22-7-5-4-6-21(22)25(35)30-13-12-27(36,26(2,3)16-30)18-8-10-19(28)11-9-18/h8-11,20-23,33,36H,4-7,12-16H2,1-3H3,(H,29,34)/t20-,21+,22-,23+,27+/m1/s1. The largest absolute Gasteiger partial charge is 0.391 e. The number of piperidine rings is 1. The van der Waals surface area contributed by atoms with Crippen molar-refractivity contribution in [3.63, 3.8) is 0 Å². The third-order valence-corrected chi connectivity index (χ3v) is 8.73. The maximum Gasteiger partial charge on any atom is 0.243 e. The lowest BCUT2D eigenvalue weighted by Gasteiger charge is -2.51. The maximum atomic E-state index is 13.7. The highest BCUT2D eigenvalue weighted by molar-refractivity contribution is 6.30. The van der Waals surface area contributed by atoms with Gasteiger partial charge in [0, 0.05) is 49.5 Å². The first-order chi connectivity index (χ1) is 16.9. The van der Waals surface area contributed by atoms with Crippen LogP contribution in [0.25, 0.3) is 0 Å². The van der Waals surface area contributed by atoms with E-state index in [-0.39, 0.29) is 42.6 Å². The van der Waals surface area contributed by atoms with E-state index in [4.69, 9.17) is 11.6 Å². The molecular formula is C27H38ClN3O5. The molecule has 1 aromatic rings. The predicted molar refractivity (Wildman–Crippen MR) is 136 cm³/mol. The van der Waals surface area contributed by atoms with Gasteiger partial charge in [0.05, 0.1) is 17.6 Å². The lowest BCUT2D eigenvalue weighted by molar-refractivity contribution is -0.158. The van der Waals surface area contributed by atoms with Gasteiger partial charge in [0.15, 0.2) is 0 Å². The van der Waals surface area contributed by atoms with Gasteiger partial charge in [-0.15, -0.1) is 0 Å². The first-order valence-electron chi connectivity index (χ1n) is 13.0. The summed E-state index contributed by atoms with van der Waals surface area (Å²) in [6.45, 7) is 6.32. The second kappa shape index (κ2) is 10.3. The van der Waals surface area contributed by atoms with Crippen LogP contribution in [0.4, 0.5) is 0 Å². The van der Waals surface area contributed by atoms with Crippen LogP contribution in [-0.4, -0.2) is 75.6 Å². The molecule has 8 nitrogen and oxygen atoms in total. The molecule has 36 heavy (non-hydrogen) atoms. The Kier molecular flexibility index (Phi) is 7.70. The monoisotopic (exact) mass is 519 g/mol. The topological polar surface area (TPSA) is 110 Å². The van der Waals surface area contributed by atoms with Gasteiger partial charge in [0.2, 0.25) is 17.7 Å². The summed E-state index contributed by atoms with van der Waals surface area (Å²) in [5.74, 6) is -0.896. The number of halogens is 1. The molecule has 2 aliphatic heterocycles. The molecule has 3 amide bonds. The van der Waals surface area contributed by atoms with Crippen LogP contribution < -0.4 is 5.32 Å². The number of benzene rings is 1. The normalized spacial score (nSPS) is 32.3. The zero-order valence-corrected chi connectivity index (χ0v) is 22.1. The number of hydrogen-bond donors (Lipinski definition) is 3. The summed E-state index contributed by atoms with van der Waals surface area (Å²) in [5, 5.41) is 25.3. The van der Waals surface area contributed by atoms with Crippen molar-refractivity contribution in [2.24, 2.45) is 11.3 Å². The molecule has 4 rings (SSSR count). The van der Waals surface area contributed by atoms with Gasteiger partial charge < -0.3 is 25.3 Å². The minimum absolute atomic E-state index is 0.00103. The molecule has 3 fully saturated rings. The molecule has 3 aliphatic rings. The minimum atomic E-state index is -1.09. The summed E-state index contributed by atoms with van der Waals surface area (Å²) in [6, 6.07) is 6.21. The summed E-state index contributed by atoms with van der Waals surface area (Å²) in [7, 11) is 0.